The van der Waals surface area contributed by atoms with Crippen LogP contribution in [0.2, 0.25) is 0 Å². The molecule has 1 heterocycles. The van der Waals surface area contributed by atoms with Gasteiger partial charge in [-0.3, -0.25) is 4.79 Å². The summed E-state index contributed by atoms with van der Waals surface area (Å²) in [6, 6.07) is 1.75. The molecule has 2 rings (SSSR count). The third-order valence-electron chi connectivity index (χ3n) is 3.77. The Hall–Kier alpha value is -1.58. The maximum atomic E-state index is 12.1. The standard InChI is InChI=1S/C16H24N2O2/c1-10-6-13(9-16(4,5)8-10)17-18-15(19)14-7-11(2)20-12(14)3/h7,10H,6,8-9H2,1-5H3,(H,18,19)/b17-13-. The van der Waals surface area contributed by atoms with Crippen molar-refractivity contribution in [2.75, 3.05) is 0 Å². The van der Waals surface area contributed by atoms with Crippen molar-refractivity contribution in [2.24, 2.45) is 16.4 Å². The first-order valence-electron chi connectivity index (χ1n) is 7.19. The summed E-state index contributed by atoms with van der Waals surface area (Å²) in [5.41, 5.74) is 4.59. The lowest BCUT2D eigenvalue weighted by Gasteiger charge is -2.34. The Labute approximate surface area is 120 Å². The predicted octanol–water partition coefficient (Wildman–Crippen LogP) is 3.83. The first kappa shape index (κ1) is 14.8. The van der Waals surface area contributed by atoms with Gasteiger partial charge in [-0.2, -0.15) is 5.10 Å². The lowest BCUT2D eigenvalue weighted by Crippen LogP contribution is -2.30. The van der Waals surface area contributed by atoms with Crippen molar-refractivity contribution in [3.05, 3.63) is 23.2 Å². The molecule has 1 N–H and O–H groups in total. The van der Waals surface area contributed by atoms with E-state index in [0.717, 1.165) is 24.3 Å². The summed E-state index contributed by atoms with van der Waals surface area (Å²) in [4.78, 5) is 12.1. The fourth-order valence-corrected chi connectivity index (χ4v) is 3.25. The summed E-state index contributed by atoms with van der Waals surface area (Å²) in [5.74, 6) is 1.81. The van der Waals surface area contributed by atoms with Gasteiger partial charge in [0.25, 0.3) is 5.91 Å². The maximum Gasteiger partial charge on any atom is 0.274 e. The Morgan fingerprint density at radius 3 is 2.70 bits per heavy atom. The molecule has 1 aliphatic carbocycles. The number of aryl methyl sites for hydroxylation is 2. The minimum Gasteiger partial charge on any atom is -0.466 e. The highest BCUT2D eigenvalue weighted by Crippen LogP contribution is 2.36. The van der Waals surface area contributed by atoms with Crippen LogP contribution in [0.25, 0.3) is 0 Å². The van der Waals surface area contributed by atoms with Crippen LogP contribution in [0, 0.1) is 25.2 Å². The largest absolute Gasteiger partial charge is 0.466 e. The highest BCUT2D eigenvalue weighted by molar-refractivity contribution is 5.96. The topological polar surface area (TPSA) is 54.6 Å². The number of hydrogen-bond acceptors (Lipinski definition) is 3. The Balaban J connectivity index is 2.05. The SMILES string of the molecule is Cc1cc(C(=O)N/N=C2/CC(C)CC(C)(C)C2)c(C)o1. The van der Waals surface area contributed by atoms with Crippen LogP contribution < -0.4 is 5.43 Å². The van der Waals surface area contributed by atoms with Crippen LogP contribution in [0.3, 0.4) is 0 Å². The van der Waals surface area contributed by atoms with E-state index in [1.54, 1.807) is 13.0 Å². The van der Waals surface area contributed by atoms with Gasteiger partial charge in [0.2, 0.25) is 0 Å². The quantitative estimate of drug-likeness (QED) is 0.835. The zero-order valence-corrected chi connectivity index (χ0v) is 13.0. The number of rotatable bonds is 2. The lowest BCUT2D eigenvalue weighted by atomic mass is 9.72. The molecule has 4 heteroatoms. The monoisotopic (exact) mass is 276 g/mol. The van der Waals surface area contributed by atoms with Crippen molar-refractivity contribution in [2.45, 2.75) is 53.9 Å². The Kier molecular flexibility index (Phi) is 4.02. The molecular formula is C16H24N2O2. The normalized spacial score (nSPS) is 23.9. The lowest BCUT2D eigenvalue weighted by molar-refractivity contribution is 0.0952. The third-order valence-corrected chi connectivity index (χ3v) is 3.77. The number of hydrazone groups is 1. The van der Waals surface area contributed by atoms with Crippen LogP contribution in [0.15, 0.2) is 15.6 Å². The summed E-state index contributed by atoms with van der Waals surface area (Å²) in [6.07, 6.45) is 3.12. The summed E-state index contributed by atoms with van der Waals surface area (Å²) in [6.45, 7) is 10.4. The van der Waals surface area contributed by atoms with Crippen LogP contribution in [0.5, 0.6) is 0 Å². The van der Waals surface area contributed by atoms with Gasteiger partial charge in [-0.05, 0) is 50.5 Å². The van der Waals surface area contributed by atoms with E-state index >= 15 is 0 Å². The Morgan fingerprint density at radius 2 is 2.15 bits per heavy atom. The molecule has 1 amide bonds. The van der Waals surface area contributed by atoms with Crippen LogP contribution in [-0.4, -0.2) is 11.6 Å². The van der Waals surface area contributed by atoms with Crippen LogP contribution in [0.4, 0.5) is 0 Å². The van der Waals surface area contributed by atoms with Crippen LogP contribution in [0.1, 0.15) is 61.9 Å². The van der Waals surface area contributed by atoms with Gasteiger partial charge in [0, 0.05) is 5.71 Å². The molecule has 0 bridgehead atoms. The van der Waals surface area contributed by atoms with Gasteiger partial charge in [-0.1, -0.05) is 20.8 Å². The van der Waals surface area contributed by atoms with Crippen molar-refractivity contribution in [1.29, 1.82) is 0 Å². The van der Waals surface area contributed by atoms with Gasteiger partial charge < -0.3 is 4.42 Å². The highest BCUT2D eigenvalue weighted by atomic mass is 16.3. The van der Waals surface area contributed by atoms with Crippen molar-refractivity contribution in [3.8, 4) is 0 Å². The maximum absolute atomic E-state index is 12.1. The molecule has 0 aromatic carbocycles. The van der Waals surface area contributed by atoms with Gasteiger partial charge in [0.15, 0.2) is 0 Å². The van der Waals surface area contributed by atoms with Gasteiger partial charge in [-0.25, -0.2) is 5.43 Å². The number of amides is 1. The average molecular weight is 276 g/mol. The zero-order chi connectivity index (χ0) is 14.9. The second-order valence-corrected chi connectivity index (χ2v) is 6.80. The number of furan rings is 1. The van der Waals surface area contributed by atoms with E-state index in [4.69, 9.17) is 4.42 Å². The Bertz CT molecular complexity index is 541. The number of nitrogens with zero attached hydrogens (tertiary/aromatic N) is 1. The second kappa shape index (κ2) is 5.43. The number of carbonyl (C=O) groups is 1. The molecule has 20 heavy (non-hydrogen) atoms. The molecule has 1 saturated carbocycles. The van der Waals surface area contributed by atoms with Gasteiger partial charge in [-0.15, -0.1) is 0 Å². The van der Waals surface area contributed by atoms with Crippen molar-refractivity contribution < 1.29 is 9.21 Å². The first-order chi connectivity index (χ1) is 9.27. The molecule has 1 aliphatic rings. The van der Waals surface area contributed by atoms with E-state index in [9.17, 15) is 4.79 Å². The van der Waals surface area contributed by atoms with E-state index in [1.165, 1.54) is 6.42 Å². The number of carbonyl (C=O) groups excluding carboxylic acids is 1. The number of nitrogens with one attached hydrogen (secondary N) is 1. The van der Waals surface area contributed by atoms with E-state index in [1.807, 2.05) is 6.92 Å². The average Bonchev–Trinajstić information content (AvgIpc) is 2.63. The van der Waals surface area contributed by atoms with Crippen molar-refractivity contribution in [1.82, 2.24) is 5.43 Å². The van der Waals surface area contributed by atoms with Crippen molar-refractivity contribution in [3.63, 3.8) is 0 Å². The smallest absolute Gasteiger partial charge is 0.274 e. The summed E-state index contributed by atoms with van der Waals surface area (Å²) >= 11 is 0. The molecule has 1 unspecified atom stereocenters. The molecule has 4 nitrogen and oxygen atoms in total. The van der Waals surface area contributed by atoms with Gasteiger partial charge in [0.05, 0.1) is 5.56 Å². The van der Waals surface area contributed by atoms with E-state index in [2.05, 4.69) is 31.3 Å². The predicted molar refractivity (Wildman–Crippen MR) is 79.9 cm³/mol. The molecule has 1 atom stereocenters. The minimum atomic E-state index is -0.192. The fraction of sp³-hybridized carbons (Fsp3) is 0.625. The van der Waals surface area contributed by atoms with E-state index in [0.29, 0.717) is 17.2 Å². The van der Waals surface area contributed by atoms with Gasteiger partial charge >= 0.3 is 0 Å². The summed E-state index contributed by atoms with van der Waals surface area (Å²) in [5, 5.41) is 4.33. The summed E-state index contributed by atoms with van der Waals surface area (Å²) < 4.78 is 5.37. The second-order valence-electron chi connectivity index (χ2n) is 6.80. The Morgan fingerprint density at radius 1 is 1.45 bits per heavy atom. The zero-order valence-electron chi connectivity index (χ0n) is 13.0. The van der Waals surface area contributed by atoms with E-state index < -0.39 is 0 Å². The molecular weight excluding hydrogens is 252 g/mol. The first-order valence-corrected chi connectivity index (χ1v) is 7.19. The molecule has 1 aromatic rings. The molecule has 0 aliphatic heterocycles. The van der Waals surface area contributed by atoms with Crippen LogP contribution >= 0.6 is 0 Å². The van der Waals surface area contributed by atoms with E-state index in [-0.39, 0.29) is 11.3 Å². The minimum absolute atomic E-state index is 0.192. The highest BCUT2D eigenvalue weighted by Gasteiger charge is 2.29. The molecule has 110 valence electrons. The third kappa shape index (κ3) is 3.50. The van der Waals surface area contributed by atoms with Crippen LogP contribution in [-0.2, 0) is 0 Å². The summed E-state index contributed by atoms with van der Waals surface area (Å²) in [7, 11) is 0. The molecule has 0 spiro atoms. The molecule has 1 aromatic heterocycles. The molecule has 0 radical (unpaired) electrons. The molecule has 1 fully saturated rings. The van der Waals surface area contributed by atoms with Crippen molar-refractivity contribution >= 4 is 11.6 Å². The molecule has 0 saturated heterocycles. The van der Waals surface area contributed by atoms with Gasteiger partial charge in [0.1, 0.15) is 11.5 Å². The fourth-order valence-electron chi connectivity index (χ4n) is 3.25. The number of hydrogen-bond donors (Lipinski definition) is 1.